The second kappa shape index (κ2) is 8.04. The molecule has 1 aliphatic carbocycles. The molecule has 1 saturated heterocycles. The van der Waals surface area contributed by atoms with Crippen molar-refractivity contribution in [3.63, 3.8) is 0 Å². The molecule has 1 heterocycles. The van der Waals surface area contributed by atoms with Crippen LogP contribution in [0.5, 0.6) is 0 Å². The average Bonchev–Trinajstić information content (AvgIpc) is 2.59. The summed E-state index contributed by atoms with van der Waals surface area (Å²) in [6.45, 7) is 4.27. The highest BCUT2D eigenvalue weighted by atomic mass is 16.7. The first-order chi connectivity index (χ1) is 12.4. The molecule has 0 atom stereocenters. The Morgan fingerprint density at radius 2 is 1.73 bits per heavy atom. The zero-order valence-electron chi connectivity index (χ0n) is 15.5. The summed E-state index contributed by atoms with van der Waals surface area (Å²) in [5, 5.41) is 0. The maximum absolute atomic E-state index is 12.1. The minimum absolute atomic E-state index is 0.0935. The van der Waals surface area contributed by atoms with Gasteiger partial charge in [0.15, 0.2) is 0 Å². The van der Waals surface area contributed by atoms with Crippen LogP contribution < -0.4 is 0 Å². The molecule has 2 fully saturated rings. The number of benzene rings is 1. The van der Waals surface area contributed by atoms with E-state index in [1.165, 1.54) is 52.0 Å². The molecule has 140 valence electrons. The van der Waals surface area contributed by atoms with Gasteiger partial charge in [-0.1, -0.05) is 43.5 Å². The van der Waals surface area contributed by atoms with Crippen molar-refractivity contribution >= 4 is 18.0 Å². The highest BCUT2D eigenvalue weighted by Crippen LogP contribution is 2.26. The molecule has 5 heteroatoms. The quantitative estimate of drug-likeness (QED) is 0.452. The van der Waals surface area contributed by atoms with Crippen LogP contribution in [-0.4, -0.2) is 24.3 Å². The van der Waals surface area contributed by atoms with Crippen LogP contribution in [0.4, 0.5) is 0 Å². The van der Waals surface area contributed by atoms with Crippen molar-refractivity contribution in [3.8, 4) is 0 Å². The van der Waals surface area contributed by atoms with Gasteiger partial charge in [-0.3, -0.25) is 0 Å². The van der Waals surface area contributed by atoms with Crippen LogP contribution in [0, 0.1) is 5.92 Å². The largest absolute Gasteiger partial charge is 0.419 e. The minimum Gasteiger partial charge on any atom is -0.419 e. The van der Waals surface area contributed by atoms with Gasteiger partial charge in [0.05, 0.1) is 6.61 Å². The van der Waals surface area contributed by atoms with Crippen LogP contribution in [0.25, 0.3) is 6.08 Å². The summed E-state index contributed by atoms with van der Waals surface area (Å²) in [6, 6.07) is 7.58. The standard InChI is InChI=1S/C21H26O5/c1-21(2)25-19(22)18(20(23)26-21)12-16-10-6-7-11-17(16)14-24-13-15-8-4-3-5-9-15/h6-7,10-12,15H,3-5,8-9,13-14H2,1-2H3. The summed E-state index contributed by atoms with van der Waals surface area (Å²) in [5.41, 5.74) is 1.60. The van der Waals surface area contributed by atoms with E-state index in [9.17, 15) is 9.59 Å². The number of ether oxygens (including phenoxy) is 3. The van der Waals surface area contributed by atoms with Crippen molar-refractivity contribution in [3.05, 3.63) is 41.0 Å². The Bertz CT molecular complexity index is 676. The highest BCUT2D eigenvalue weighted by Gasteiger charge is 2.38. The third kappa shape index (κ3) is 4.73. The molecular weight excluding hydrogens is 332 g/mol. The van der Waals surface area contributed by atoms with Crippen LogP contribution in [0.15, 0.2) is 29.8 Å². The topological polar surface area (TPSA) is 61.8 Å². The van der Waals surface area contributed by atoms with Crippen LogP contribution in [0.3, 0.4) is 0 Å². The summed E-state index contributed by atoms with van der Waals surface area (Å²) < 4.78 is 16.2. The van der Waals surface area contributed by atoms with E-state index in [0.29, 0.717) is 12.5 Å². The van der Waals surface area contributed by atoms with Gasteiger partial charge in [0, 0.05) is 20.5 Å². The van der Waals surface area contributed by atoms with E-state index in [1.54, 1.807) is 0 Å². The number of hydrogen-bond acceptors (Lipinski definition) is 5. The summed E-state index contributed by atoms with van der Waals surface area (Å²) in [6.07, 6.45) is 7.90. The van der Waals surface area contributed by atoms with Gasteiger partial charge in [-0.25, -0.2) is 9.59 Å². The molecule has 0 aromatic heterocycles. The van der Waals surface area contributed by atoms with E-state index < -0.39 is 17.7 Å². The molecule has 0 radical (unpaired) electrons. The Balaban J connectivity index is 1.68. The molecule has 0 bridgehead atoms. The predicted molar refractivity (Wildman–Crippen MR) is 96.9 cm³/mol. The van der Waals surface area contributed by atoms with Gasteiger partial charge < -0.3 is 14.2 Å². The summed E-state index contributed by atoms with van der Waals surface area (Å²) in [7, 11) is 0. The maximum atomic E-state index is 12.1. The lowest BCUT2D eigenvalue weighted by Crippen LogP contribution is -2.41. The molecule has 0 amide bonds. The van der Waals surface area contributed by atoms with E-state index in [0.717, 1.165) is 17.7 Å². The van der Waals surface area contributed by atoms with Crippen molar-refractivity contribution in [1.29, 1.82) is 0 Å². The van der Waals surface area contributed by atoms with E-state index >= 15 is 0 Å². The molecule has 3 rings (SSSR count). The Kier molecular flexibility index (Phi) is 5.77. The van der Waals surface area contributed by atoms with Crippen LogP contribution >= 0.6 is 0 Å². The normalized spacial score (nSPS) is 20.5. The van der Waals surface area contributed by atoms with E-state index in [1.807, 2.05) is 24.3 Å². The zero-order valence-corrected chi connectivity index (χ0v) is 15.5. The average molecular weight is 358 g/mol. The van der Waals surface area contributed by atoms with E-state index in [-0.39, 0.29) is 5.57 Å². The van der Waals surface area contributed by atoms with Gasteiger partial charge >= 0.3 is 11.9 Å². The molecule has 1 aliphatic heterocycles. The number of hydrogen-bond donors (Lipinski definition) is 0. The lowest BCUT2D eigenvalue weighted by atomic mass is 9.90. The fourth-order valence-electron chi connectivity index (χ4n) is 3.43. The summed E-state index contributed by atoms with van der Waals surface area (Å²) in [4.78, 5) is 24.3. The Labute approximate surface area is 154 Å². The van der Waals surface area contributed by atoms with Gasteiger partial charge in [0.2, 0.25) is 0 Å². The molecular formula is C21H26O5. The van der Waals surface area contributed by atoms with Gasteiger partial charge in [0.25, 0.3) is 5.79 Å². The molecule has 0 N–H and O–H groups in total. The molecule has 0 unspecified atom stereocenters. The van der Waals surface area contributed by atoms with Crippen molar-refractivity contribution in [1.82, 2.24) is 0 Å². The fraction of sp³-hybridized carbons (Fsp3) is 0.524. The first-order valence-corrected chi connectivity index (χ1v) is 9.29. The molecule has 0 spiro atoms. The Morgan fingerprint density at radius 1 is 1.08 bits per heavy atom. The number of cyclic esters (lactones) is 2. The molecule has 1 aromatic rings. The van der Waals surface area contributed by atoms with E-state index in [4.69, 9.17) is 14.2 Å². The molecule has 5 nitrogen and oxygen atoms in total. The number of esters is 2. The summed E-state index contributed by atoms with van der Waals surface area (Å²) >= 11 is 0. The molecule has 1 saturated carbocycles. The molecule has 2 aliphatic rings. The second-order valence-corrected chi connectivity index (χ2v) is 7.45. The first-order valence-electron chi connectivity index (χ1n) is 9.29. The second-order valence-electron chi connectivity index (χ2n) is 7.45. The van der Waals surface area contributed by atoms with Gasteiger partial charge in [-0.05, 0) is 36.0 Å². The number of carbonyl (C=O) groups is 2. The third-order valence-electron chi connectivity index (χ3n) is 4.81. The molecule has 26 heavy (non-hydrogen) atoms. The van der Waals surface area contributed by atoms with Gasteiger partial charge in [-0.15, -0.1) is 0 Å². The number of carbonyl (C=O) groups excluding carboxylic acids is 2. The Morgan fingerprint density at radius 3 is 2.42 bits per heavy atom. The SMILES string of the molecule is CC1(C)OC(=O)C(=Cc2ccccc2COCC2CCCCC2)C(=O)O1. The molecule has 1 aromatic carbocycles. The van der Waals surface area contributed by atoms with Crippen LogP contribution in [0.1, 0.15) is 57.1 Å². The summed E-state index contributed by atoms with van der Waals surface area (Å²) in [5.74, 6) is -1.91. The lowest BCUT2D eigenvalue weighted by molar-refractivity contribution is -0.222. The van der Waals surface area contributed by atoms with Crippen molar-refractivity contribution < 1.29 is 23.8 Å². The van der Waals surface area contributed by atoms with Crippen molar-refractivity contribution in [2.75, 3.05) is 6.61 Å². The third-order valence-corrected chi connectivity index (χ3v) is 4.81. The predicted octanol–water partition coefficient (Wildman–Crippen LogP) is 4.00. The number of rotatable bonds is 5. The van der Waals surface area contributed by atoms with Crippen LogP contribution in [0.2, 0.25) is 0 Å². The zero-order chi connectivity index (χ0) is 18.6. The fourth-order valence-corrected chi connectivity index (χ4v) is 3.43. The lowest BCUT2D eigenvalue weighted by Gasteiger charge is -2.29. The van der Waals surface area contributed by atoms with Gasteiger partial charge in [-0.2, -0.15) is 0 Å². The monoisotopic (exact) mass is 358 g/mol. The minimum atomic E-state index is -1.23. The van der Waals surface area contributed by atoms with Crippen molar-refractivity contribution in [2.45, 2.75) is 58.3 Å². The van der Waals surface area contributed by atoms with Crippen LogP contribution in [-0.2, 0) is 30.4 Å². The van der Waals surface area contributed by atoms with Crippen molar-refractivity contribution in [2.24, 2.45) is 5.92 Å². The van der Waals surface area contributed by atoms with Gasteiger partial charge in [0.1, 0.15) is 5.57 Å². The Hall–Kier alpha value is -2.14. The highest BCUT2D eigenvalue weighted by molar-refractivity contribution is 6.18. The first kappa shape index (κ1) is 18.6. The van der Waals surface area contributed by atoms with E-state index in [2.05, 4.69) is 0 Å². The maximum Gasteiger partial charge on any atom is 0.348 e. The smallest absolute Gasteiger partial charge is 0.348 e.